The first-order valence-corrected chi connectivity index (χ1v) is 6.85. The summed E-state index contributed by atoms with van der Waals surface area (Å²) in [6.45, 7) is 6.57. The Kier molecular flexibility index (Phi) is 4.57. The molecule has 0 spiro atoms. The van der Waals surface area contributed by atoms with Gasteiger partial charge in [-0.2, -0.15) is 0 Å². The third-order valence-corrected chi connectivity index (χ3v) is 2.63. The Labute approximate surface area is 124 Å². The van der Waals surface area contributed by atoms with Crippen LogP contribution in [0.5, 0.6) is 0 Å². The molecule has 0 aliphatic heterocycles. The highest BCUT2D eigenvalue weighted by Crippen LogP contribution is 2.13. The van der Waals surface area contributed by atoms with Crippen molar-refractivity contribution in [1.29, 1.82) is 0 Å². The van der Waals surface area contributed by atoms with E-state index in [4.69, 9.17) is 4.74 Å². The largest absolute Gasteiger partial charge is 0.444 e. The van der Waals surface area contributed by atoms with Crippen LogP contribution in [-0.4, -0.2) is 32.8 Å². The van der Waals surface area contributed by atoms with E-state index in [0.29, 0.717) is 13.1 Å². The summed E-state index contributed by atoms with van der Waals surface area (Å²) < 4.78 is 7.13. The monoisotopic (exact) mass is 288 g/mol. The second kappa shape index (κ2) is 6.39. The Morgan fingerprint density at radius 3 is 2.76 bits per heavy atom. The zero-order valence-corrected chi connectivity index (χ0v) is 12.5. The highest BCUT2D eigenvalue weighted by Gasteiger charge is 2.15. The van der Waals surface area contributed by atoms with Crippen molar-refractivity contribution < 1.29 is 9.53 Å². The molecule has 0 bridgehead atoms. The molecule has 112 valence electrons. The van der Waals surface area contributed by atoms with E-state index in [1.54, 1.807) is 12.4 Å². The molecule has 0 radical (unpaired) electrons. The normalized spacial score (nSPS) is 11.2. The lowest BCUT2D eigenvalue weighted by atomic mass is 10.2. The van der Waals surface area contributed by atoms with Gasteiger partial charge in [-0.1, -0.05) is 6.07 Å². The summed E-state index contributed by atoms with van der Waals surface area (Å²) in [7, 11) is 0. The van der Waals surface area contributed by atoms with Gasteiger partial charge in [0, 0.05) is 31.7 Å². The molecule has 1 N–H and O–H groups in total. The number of alkyl carbamates (subject to hydrolysis) is 1. The summed E-state index contributed by atoms with van der Waals surface area (Å²) in [5, 5.41) is 2.73. The van der Waals surface area contributed by atoms with Crippen molar-refractivity contribution in [3.63, 3.8) is 0 Å². The van der Waals surface area contributed by atoms with Gasteiger partial charge in [0.05, 0.1) is 0 Å². The average Bonchev–Trinajstić information content (AvgIpc) is 2.86. The Morgan fingerprint density at radius 1 is 1.29 bits per heavy atom. The molecule has 0 aliphatic carbocycles. The van der Waals surface area contributed by atoms with E-state index in [-0.39, 0.29) is 0 Å². The quantitative estimate of drug-likeness (QED) is 0.938. The minimum atomic E-state index is -0.488. The van der Waals surface area contributed by atoms with Crippen LogP contribution >= 0.6 is 0 Å². The standard InChI is InChI=1S/C15H20N4O2/c1-15(2,3)21-14(20)18-9-11-19-10-8-17-13(19)12-6-4-5-7-16-12/h4-8,10H,9,11H2,1-3H3,(H,18,20). The molecule has 0 saturated heterocycles. The van der Waals surface area contributed by atoms with Gasteiger partial charge in [-0.05, 0) is 32.9 Å². The first kappa shape index (κ1) is 15.0. The minimum absolute atomic E-state index is 0.415. The number of ether oxygens (including phenoxy) is 1. The zero-order chi connectivity index (χ0) is 15.3. The molecule has 21 heavy (non-hydrogen) atoms. The summed E-state index contributed by atoms with van der Waals surface area (Å²) in [5.41, 5.74) is 0.317. The van der Waals surface area contributed by atoms with Crippen LogP contribution < -0.4 is 5.32 Å². The smallest absolute Gasteiger partial charge is 0.407 e. The van der Waals surface area contributed by atoms with Crippen LogP contribution in [0.2, 0.25) is 0 Å². The van der Waals surface area contributed by atoms with Crippen molar-refractivity contribution in [2.24, 2.45) is 0 Å². The average molecular weight is 288 g/mol. The topological polar surface area (TPSA) is 69.0 Å². The highest BCUT2D eigenvalue weighted by molar-refractivity contribution is 5.67. The molecule has 2 heterocycles. The Hall–Kier alpha value is -2.37. The first-order chi connectivity index (χ1) is 9.96. The molecule has 0 fully saturated rings. The number of hydrogen-bond acceptors (Lipinski definition) is 4. The van der Waals surface area contributed by atoms with Crippen molar-refractivity contribution in [3.05, 3.63) is 36.8 Å². The second-order valence-corrected chi connectivity index (χ2v) is 5.59. The van der Waals surface area contributed by atoms with Gasteiger partial charge in [0.15, 0.2) is 5.82 Å². The molecule has 0 aromatic carbocycles. The number of carbonyl (C=O) groups is 1. The predicted molar refractivity (Wildman–Crippen MR) is 79.7 cm³/mol. The summed E-state index contributed by atoms with van der Waals surface area (Å²) in [6.07, 6.45) is 4.90. The molecule has 0 aliphatic rings. The molecule has 6 heteroatoms. The third-order valence-electron chi connectivity index (χ3n) is 2.63. The molecule has 2 rings (SSSR count). The third kappa shape index (κ3) is 4.59. The number of nitrogens with zero attached hydrogens (tertiary/aromatic N) is 3. The molecular formula is C15H20N4O2. The number of aromatic nitrogens is 3. The van der Waals surface area contributed by atoms with Crippen LogP contribution in [0, 0.1) is 0 Å². The van der Waals surface area contributed by atoms with Crippen molar-refractivity contribution in [2.75, 3.05) is 6.54 Å². The minimum Gasteiger partial charge on any atom is -0.444 e. The van der Waals surface area contributed by atoms with E-state index in [2.05, 4.69) is 15.3 Å². The molecule has 0 unspecified atom stereocenters. The van der Waals surface area contributed by atoms with Crippen molar-refractivity contribution >= 4 is 6.09 Å². The van der Waals surface area contributed by atoms with E-state index in [0.717, 1.165) is 11.5 Å². The number of amides is 1. The number of nitrogens with one attached hydrogen (secondary N) is 1. The van der Waals surface area contributed by atoms with Gasteiger partial charge in [0.25, 0.3) is 0 Å². The molecule has 2 aromatic rings. The Morgan fingerprint density at radius 2 is 2.10 bits per heavy atom. The SMILES string of the molecule is CC(C)(C)OC(=O)NCCn1ccnc1-c1ccccn1. The number of pyridine rings is 1. The van der Waals surface area contributed by atoms with Gasteiger partial charge in [-0.25, -0.2) is 9.78 Å². The zero-order valence-electron chi connectivity index (χ0n) is 12.5. The van der Waals surface area contributed by atoms with Gasteiger partial charge < -0.3 is 14.6 Å². The fourth-order valence-electron chi connectivity index (χ4n) is 1.81. The number of imidazole rings is 1. The van der Waals surface area contributed by atoms with E-state index >= 15 is 0 Å². The summed E-state index contributed by atoms with van der Waals surface area (Å²) >= 11 is 0. The number of carbonyl (C=O) groups excluding carboxylic acids is 1. The lowest BCUT2D eigenvalue weighted by molar-refractivity contribution is 0.0526. The van der Waals surface area contributed by atoms with Gasteiger partial charge in [0.2, 0.25) is 0 Å². The van der Waals surface area contributed by atoms with Crippen LogP contribution in [0.15, 0.2) is 36.8 Å². The van der Waals surface area contributed by atoms with Crippen LogP contribution in [0.25, 0.3) is 11.5 Å². The molecule has 0 atom stereocenters. The Balaban J connectivity index is 1.91. The molecular weight excluding hydrogens is 268 g/mol. The van der Waals surface area contributed by atoms with E-state index in [1.165, 1.54) is 0 Å². The second-order valence-electron chi connectivity index (χ2n) is 5.59. The molecule has 1 amide bonds. The van der Waals surface area contributed by atoms with Crippen molar-refractivity contribution in [1.82, 2.24) is 19.9 Å². The fourth-order valence-corrected chi connectivity index (χ4v) is 1.81. The van der Waals surface area contributed by atoms with Gasteiger partial charge in [0.1, 0.15) is 11.3 Å². The predicted octanol–water partition coefficient (Wildman–Crippen LogP) is 2.47. The van der Waals surface area contributed by atoms with E-state index < -0.39 is 11.7 Å². The van der Waals surface area contributed by atoms with Gasteiger partial charge in [-0.3, -0.25) is 4.98 Å². The van der Waals surface area contributed by atoms with Crippen LogP contribution in [-0.2, 0) is 11.3 Å². The molecule has 0 saturated carbocycles. The lowest BCUT2D eigenvalue weighted by Gasteiger charge is -2.19. The number of hydrogen-bond donors (Lipinski definition) is 1. The lowest BCUT2D eigenvalue weighted by Crippen LogP contribution is -2.34. The van der Waals surface area contributed by atoms with Crippen LogP contribution in [0.1, 0.15) is 20.8 Å². The molecule has 2 aromatic heterocycles. The van der Waals surface area contributed by atoms with Gasteiger partial charge in [-0.15, -0.1) is 0 Å². The molecule has 6 nitrogen and oxygen atoms in total. The van der Waals surface area contributed by atoms with Crippen LogP contribution in [0.4, 0.5) is 4.79 Å². The summed E-state index contributed by atoms with van der Waals surface area (Å²) in [4.78, 5) is 20.1. The summed E-state index contributed by atoms with van der Waals surface area (Å²) in [6, 6.07) is 5.68. The highest BCUT2D eigenvalue weighted by atomic mass is 16.6. The maximum absolute atomic E-state index is 11.6. The maximum atomic E-state index is 11.6. The summed E-state index contributed by atoms with van der Waals surface area (Å²) in [5.74, 6) is 0.779. The number of rotatable bonds is 4. The van der Waals surface area contributed by atoms with Crippen molar-refractivity contribution in [3.8, 4) is 11.5 Å². The van der Waals surface area contributed by atoms with Gasteiger partial charge >= 0.3 is 6.09 Å². The fraction of sp³-hybridized carbons (Fsp3) is 0.400. The Bertz CT molecular complexity index is 587. The van der Waals surface area contributed by atoms with E-state index in [9.17, 15) is 4.79 Å². The van der Waals surface area contributed by atoms with Crippen LogP contribution in [0.3, 0.4) is 0 Å². The van der Waals surface area contributed by atoms with E-state index in [1.807, 2.05) is 49.7 Å². The maximum Gasteiger partial charge on any atom is 0.407 e. The first-order valence-electron chi connectivity index (χ1n) is 6.85. The van der Waals surface area contributed by atoms with Crippen molar-refractivity contribution in [2.45, 2.75) is 32.9 Å².